The molecule has 0 aliphatic rings. The molecule has 0 bridgehead atoms. The van der Waals surface area contributed by atoms with Gasteiger partial charge in [0.2, 0.25) is 0 Å². The minimum Gasteiger partial charge on any atom is -0.508 e. The number of rotatable bonds is 8. The van der Waals surface area contributed by atoms with E-state index in [0.29, 0.717) is 6.42 Å². The van der Waals surface area contributed by atoms with Crippen LogP contribution in [0.1, 0.15) is 31.9 Å². The van der Waals surface area contributed by atoms with Crippen LogP contribution in [0.5, 0.6) is 5.75 Å². The Kier molecular flexibility index (Phi) is 7.32. The Bertz CT molecular complexity index is 898. The average Bonchev–Trinajstić information content (AvgIpc) is 2.61. The van der Waals surface area contributed by atoms with Crippen LogP contribution in [-0.4, -0.2) is 34.6 Å². The lowest BCUT2D eigenvalue weighted by Gasteiger charge is -2.39. The van der Waals surface area contributed by atoms with Crippen molar-refractivity contribution in [2.45, 2.75) is 63.2 Å². The lowest BCUT2D eigenvalue weighted by molar-refractivity contribution is 0.118. The largest absolute Gasteiger partial charge is 0.508 e. The summed E-state index contributed by atoms with van der Waals surface area (Å²) in [6, 6.07) is 13.4. The molecule has 5 nitrogen and oxygen atoms in total. The molecule has 0 aliphatic heterocycles. The summed E-state index contributed by atoms with van der Waals surface area (Å²) in [5.41, 5.74) is 1.93. The molecule has 0 fully saturated rings. The molecule has 2 aromatic carbocycles. The zero-order chi connectivity index (χ0) is 21.9. The third kappa shape index (κ3) is 6.67. The number of phenolic OH excluding ortho intramolecular Hbond substituents is 1. The number of hydrogen-bond acceptors (Lipinski definition) is 5. The fourth-order valence-corrected chi connectivity index (χ4v) is 4.84. The van der Waals surface area contributed by atoms with E-state index in [1.807, 2.05) is 19.1 Å². The highest BCUT2D eigenvalue weighted by Gasteiger charge is 2.39. The molecule has 2 rings (SSSR count). The van der Waals surface area contributed by atoms with Gasteiger partial charge in [0.25, 0.3) is 10.1 Å². The standard InChI is InChI=1S/C22H32O5SSi/c1-17-7-13-21(14-8-17)28(24,25)26-16-20(27-29(5,6)22(2,3)4)15-18-9-11-19(23)12-10-18/h7-14,20,23H,15-16H2,1-6H3/t20-/m1/s1. The van der Waals surface area contributed by atoms with Crippen molar-refractivity contribution in [3.63, 3.8) is 0 Å². The van der Waals surface area contributed by atoms with Gasteiger partial charge in [-0.1, -0.05) is 50.6 Å². The lowest BCUT2D eigenvalue weighted by atomic mass is 10.1. The highest BCUT2D eigenvalue weighted by molar-refractivity contribution is 7.86. The summed E-state index contributed by atoms with van der Waals surface area (Å²) < 4.78 is 37.1. The molecule has 1 N–H and O–H groups in total. The number of phenols is 1. The van der Waals surface area contributed by atoms with Gasteiger partial charge in [0, 0.05) is 0 Å². The van der Waals surface area contributed by atoms with Gasteiger partial charge in [-0.05, 0) is 61.3 Å². The van der Waals surface area contributed by atoms with Crippen LogP contribution in [0.2, 0.25) is 18.1 Å². The van der Waals surface area contributed by atoms with Crippen molar-refractivity contribution >= 4 is 18.4 Å². The number of aromatic hydroxyl groups is 1. The third-order valence-corrected chi connectivity index (χ3v) is 11.2. The molecule has 29 heavy (non-hydrogen) atoms. The van der Waals surface area contributed by atoms with Gasteiger partial charge in [0.15, 0.2) is 8.32 Å². The number of hydrogen-bond donors (Lipinski definition) is 1. The van der Waals surface area contributed by atoms with Crippen molar-refractivity contribution in [1.82, 2.24) is 0 Å². The second-order valence-electron chi connectivity index (χ2n) is 8.92. The molecule has 1 atom stereocenters. The maximum atomic E-state index is 12.6. The molecule has 0 saturated carbocycles. The van der Waals surface area contributed by atoms with E-state index in [2.05, 4.69) is 33.9 Å². The van der Waals surface area contributed by atoms with Crippen LogP contribution >= 0.6 is 0 Å². The van der Waals surface area contributed by atoms with Crippen LogP contribution in [0.3, 0.4) is 0 Å². The molecule has 0 radical (unpaired) electrons. The van der Waals surface area contributed by atoms with Crippen molar-refractivity contribution < 1.29 is 22.1 Å². The maximum absolute atomic E-state index is 12.6. The zero-order valence-corrected chi connectivity index (χ0v) is 19.9. The Hall–Kier alpha value is -1.67. The van der Waals surface area contributed by atoms with Crippen LogP contribution in [0.4, 0.5) is 0 Å². The van der Waals surface area contributed by atoms with Crippen LogP contribution in [0.25, 0.3) is 0 Å². The van der Waals surface area contributed by atoms with Gasteiger partial charge in [-0.2, -0.15) is 8.42 Å². The Morgan fingerprint density at radius 3 is 2.07 bits per heavy atom. The predicted octanol–water partition coefficient (Wildman–Crippen LogP) is 5.04. The molecule has 0 spiro atoms. The summed E-state index contributed by atoms with van der Waals surface area (Å²) in [5.74, 6) is 0.189. The van der Waals surface area contributed by atoms with E-state index in [9.17, 15) is 13.5 Å². The third-order valence-electron chi connectivity index (χ3n) is 5.39. The van der Waals surface area contributed by atoms with Crippen molar-refractivity contribution in [3.8, 4) is 5.75 Å². The molecule has 2 aromatic rings. The summed E-state index contributed by atoms with van der Waals surface area (Å²) in [6.45, 7) is 12.5. The van der Waals surface area contributed by atoms with Crippen molar-refractivity contribution in [1.29, 1.82) is 0 Å². The Morgan fingerprint density at radius 1 is 1.00 bits per heavy atom. The SMILES string of the molecule is Cc1ccc(S(=O)(=O)OC[C@@H](Cc2ccc(O)cc2)O[Si](C)(C)C(C)(C)C)cc1. The van der Waals surface area contributed by atoms with Gasteiger partial charge in [-0.15, -0.1) is 0 Å². The lowest BCUT2D eigenvalue weighted by Crippen LogP contribution is -2.45. The second-order valence-corrected chi connectivity index (χ2v) is 15.3. The van der Waals surface area contributed by atoms with E-state index < -0.39 is 24.5 Å². The fourth-order valence-electron chi connectivity index (χ4n) is 2.56. The Labute approximate surface area is 175 Å². The van der Waals surface area contributed by atoms with Crippen LogP contribution in [0.15, 0.2) is 53.4 Å². The first kappa shape index (κ1) is 23.6. The van der Waals surface area contributed by atoms with E-state index in [1.165, 1.54) is 0 Å². The Balaban J connectivity index is 2.19. The number of benzene rings is 2. The normalized spacial score (nSPS) is 14.0. The van der Waals surface area contributed by atoms with E-state index in [4.69, 9.17) is 8.61 Å². The maximum Gasteiger partial charge on any atom is 0.297 e. The van der Waals surface area contributed by atoms with Crippen molar-refractivity contribution in [3.05, 3.63) is 59.7 Å². The van der Waals surface area contributed by atoms with Gasteiger partial charge in [-0.25, -0.2) is 0 Å². The van der Waals surface area contributed by atoms with Crippen LogP contribution < -0.4 is 0 Å². The molecule has 0 aliphatic carbocycles. The molecular weight excluding hydrogens is 404 g/mol. The van der Waals surface area contributed by atoms with Crippen molar-refractivity contribution in [2.24, 2.45) is 0 Å². The van der Waals surface area contributed by atoms with Crippen LogP contribution in [0, 0.1) is 6.92 Å². The molecule has 0 saturated heterocycles. The highest BCUT2D eigenvalue weighted by atomic mass is 32.2. The van der Waals surface area contributed by atoms with Crippen LogP contribution in [-0.2, 0) is 25.1 Å². The number of aryl methyl sites for hydroxylation is 1. The molecule has 0 aromatic heterocycles. The first-order valence-corrected chi connectivity index (χ1v) is 14.0. The minimum atomic E-state index is -3.87. The molecule has 7 heteroatoms. The smallest absolute Gasteiger partial charge is 0.297 e. The first-order chi connectivity index (χ1) is 13.3. The summed E-state index contributed by atoms with van der Waals surface area (Å²) in [4.78, 5) is 0.138. The first-order valence-electron chi connectivity index (χ1n) is 9.72. The van der Waals surface area contributed by atoms with E-state index in [1.54, 1.807) is 36.4 Å². The molecule has 0 heterocycles. The van der Waals surface area contributed by atoms with Gasteiger partial charge >= 0.3 is 0 Å². The zero-order valence-electron chi connectivity index (χ0n) is 18.1. The quantitative estimate of drug-likeness (QED) is 0.464. The summed E-state index contributed by atoms with van der Waals surface area (Å²) in [6.07, 6.45) is 0.0802. The highest BCUT2D eigenvalue weighted by Crippen LogP contribution is 2.37. The van der Waals surface area contributed by atoms with Crippen molar-refractivity contribution in [2.75, 3.05) is 6.61 Å². The Morgan fingerprint density at radius 2 is 1.55 bits per heavy atom. The monoisotopic (exact) mass is 436 g/mol. The molecule has 160 valence electrons. The van der Waals surface area contributed by atoms with E-state index >= 15 is 0 Å². The van der Waals surface area contributed by atoms with Gasteiger partial charge in [0.05, 0.1) is 17.6 Å². The van der Waals surface area contributed by atoms with E-state index in [-0.39, 0.29) is 22.3 Å². The summed E-state index contributed by atoms with van der Waals surface area (Å²) in [5, 5.41) is 9.49. The second kappa shape index (κ2) is 9.00. The minimum absolute atomic E-state index is 0.0178. The topological polar surface area (TPSA) is 72.8 Å². The summed E-state index contributed by atoms with van der Waals surface area (Å²) >= 11 is 0. The van der Waals surface area contributed by atoms with Gasteiger partial charge in [0.1, 0.15) is 5.75 Å². The van der Waals surface area contributed by atoms with Gasteiger partial charge in [-0.3, -0.25) is 4.18 Å². The van der Waals surface area contributed by atoms with Gasteiger partial charge < -0.3 is 9.53 Å². The summed E-state index contributed by atoms with van der Waals surface area (Å²) in [7, 11) is -6.01. The molecule has 0 unspecified atom stereocenters. The molecular formula is C22H32O5SSi. The fraction of sp³-hybridized carbons (Fsp3) is 0.455. The average molecular weight is 437 g/mol. The van der Waals surface area contributed by atoms with E-state index in [0.717, 1.165) is 11.1 Å². The molecule has 0 amide bonds. The predicted molar refractivity (Wildman–Crippen MR) is 118 cm³/mol.